The smallest absolute Gasteiger partial charge is 0.300 e. The zero-order valence-electron chi connectivity index (χ0n) is 10.2. The maximum absolute atomic E-state index is 11.8. The van der Waals surface area contributed by atoms with Gasteiger partial charge in [-0.1, -0.05) is 13.3 Å². The zero-order chi connectivity index (χ0) is 12.4. The lowest BCUT2D eigenvalue weighted by atomic mass is 10.3. The first-order valence-corrected chi connectivity index (χ1v) is 5.90. The Balaban J connectivity index is 2.66. The van der Waals surface area contributed by atoms with E-state index in [2.05, 4.69) is 16.9 Å². The molecular weight excluding hydrogens is 218 g/mol. The van der Waals surface area contributed by atoms with Crippen molar-refractivity contribution in [1.29, 1.82) is 0 Å². The van der Waals surface area contributed by atoms with Gasteiger partial charge in [0, 0.05) is 13.1 Å². The van der Waals surface area contributed by atoms with Gasteiger partial charge in [-0.2, -0.15) is 4.98 Å². The van der Waals surface area contributed by atoms with Crippen molar-refractivity contribution in [3.05, 3.63) is 16.7 Å². The first-order valence-electron chi connectivity index (χ1n) is 5.90. The van der Waals surface area contributed by atoms with Gasteiger partial charge in [0.1, 0.15) is 0 Å². The van der Waals surface area contributed by atoms with Crippen LogP contribution in [0.5, 0.6) is 0 Å². The van der Waals surface area contributed by atoms with Crippen LogP contribution in [-0.4, -0.2) is 19.1 Å². The number of hydrogen-bond donors (Lipinski definition) is 1. The predicted molar refractivity (Wildman–Crippen MR) is 66.8 cm³/mol. The number of hydrogen-bond acceptors (Lipinski definition) is 4. The highest BCUT2D eigenvalue weighted by Crippen LogP contribution is 2.12. The molecule has 92 valence electrons. The number of aryl methyl sites for hydroxylation is 2. The lowest BCUT2D eigenvalue weighted by Crippen LogP contribution is -2.19. The van der Waals surface area contributed by atoms with Gasteiger partial charge in [-0.3, -0.25) is 9.36 Å². The fourth-order valence-electron chi connectivity index (χ4n) is 1.89. The van der Waals surface area contributed by atoms with E-state index in [0.29, 0.717) is 17.7 Å². The lowest BCUT2D eigenvalue weighted by Gasteiger charge is -2.09. The summed E-state index contributed by atoms with van der Waals surface area (Å²) in [6, 6.07) is 0. The number of anilines is 1. The van der Waals surface area contributed by atoms with Gasteiger partial charge < -0.3 is 10.3 Å². The molecule has 0 radical (unpaired) electrons. The summed E-state index contributed by atoms with van der Waals surface area (Å²) in [7, 11) is 0. The minimum Gasteiger partial charge on any atom is -0.369 e. The summed E-state index contributed by atoms with van der Waals surface area (Å²) in [6.07, 6.45) is 3.71. The Bertz CT molecular complexity index is 583. The fourth-order valence-corrected chi connectivity index (χ4v) is 1.89. The molecule has 6 heteroatoms. The molecule has 2 N–H and O–H groups in total. The first kappa shape index (κ1) is 11.6. The average Bonchev–Trinajstić information content (AvgIpc) is 2.73. The minimum absolute atomic E-state index is 0.248. The molecule has 0 bridgehead atoms. The number of unbranched alkanes of at least 4 members (excludes halogenated alkanes) is 1. The molecule has 0 atom stereocenters. The summed E-state index contributed by atoms with van der Waals surface area (Å²) >= 11 is 0. The number of fused-ring (bicyclic) bond motifs is 1. The van der Waals surface area contributed by atoms with E-state index in [1.54, 1.807) is 10.9 Å². The highest BCUT2D eigenvalue weighted by atomic mass is 16.1. The van der Waals surface area contributed by atoms with Crippen LogP contribution in [0.1, 0.15) is 26.7 Å². The Morgan fingerprint density at radius 2 is 2.18 bits per heavy atom. The molecule has 0 aliphatic carbocycles. The van der Waals surface area contributed by atoms with Crippen LogP contribution in [0, 0.1) is 0 Å². The topological polar surface area (TPSA) is 78.7 Å². The third-order valence-electron chi connectivity index (χ3n) is 2.85. The van der Waals surface area contributed by atoms with Gasteiger partial charge in [0.2, 0.25) is 5.95 Å². The van der Waals surface area contributed by atoms with Crippen LogP contribution in [0.2, 0.25) is 0 Å². The molecule has 2 aromatic rings. The molecular formula is C11H17N5O. The summed E-state index contributed by atoms with van der Waals surface area (Å²) in [5.41, 5.74) is 6.66. The first-order chi connectivity index (χ1) is 8.19. The molecule has 0 saturated carbocycles. The van der Waals surface area contributed by atoms with Crippen LogP contribution < -0.4 is 11.3 Å². The minimum atomic E-state index is -0.301. The maximum atomic E-state index is 11.8. The highest BCUT2D eigenvalue weighted by Gasteiger charge is 2.13. The monoisotopic (exact) mass is 235 g/mol. The molecule has 17 heavy (non-hydrogen) atoms. The van der Waals surface area contributed by atoms with Crippen molar-refractivity contribution in [3.8, 4) is 0 Å². The molecule has 2 aromatic heterocycles. The van der Waals surface area contributed by atoms with Crippen molar-refractivity contribution in [3.63, 3.8) is 0 Å². The third kappa shape index (κ3) is 1.90. The van der Waals surface area contributed by atoms with Crippen molar-refractivity contribution in [1.82, 2.24) is 19.1 Å². The van der Waals surface area contributed by atoms with Crippen LogP contribution in [0.3, 0.4) is 0 Å². The lowest BCUT2D eigenvalue weighted by molar-refractivity contribution is 0.641. The van der Waals surface area contributed by atoms with E-state index in [4.69, 9.17) is 5.73 Å². The number of nitrogens with two attached hydrogens (primary N) is 1. The van der Waals surface area contributed by atoms with E-state index in [9.17, 15) is 4.79 Å². The van der Waals surface area contributed by atoms with E-state index < -0.39 is 0 Å². The van der Waals surface area contributed by atoms with Crippen molar-refractivity contribution in [2.24, 2.45) is 0 Å². The van der Waals surface area contributed by atoms with Gasteiger partial charge in [0.15, 0.2) is 11.2 Å². The Morgan fingerprint density at radius 1 is 1.41 bits per heavy atom. The summed E-state index contributed by atoms with van der Waals surface area (Å²) in [5.74, 6) is 0.248. The molecule has 6 nitrogen and oxygen atoms in total. The summed E-state index contributed by atoms with van der Waals surface area (Å²) < 4.78 is 3.61. The van der Waals surface area contributed by atoms with E-state index in [1.165, 1.54) is 0 Å². The van der Waals surface area contributed by atoms with Crippen LogP contribution >= 0.6 is 0 Å². The average molecular weight is 235 g/mol. The third-order valence-corrected chi connectivity index (χ3v) is 2.85. The van der Waals surface area contributed by atoms with Crippen LogP contribution in [-0.2, 0) is 13.1 Å². The molecule has 2 heterocycles. The number of nitrogen functional groups attached to an aromatic ring is 1. The summed E-state index contributed by atoms with van der Waals surface area (Å²) in [6.45, 7) is 5.51. The molecule has 0 spiro atoms. The predicted octanol–water partition coefficient (Wildman–Crippen LogP) is 0.995. The highest BCUT2D eigenvalue weighted by molar-refractivity contribution is 5.71. The molecule has 0 aliphatic heterocycles. The van der Waals surface area contributed by atoms with Crippen molar-refractivity contribution in [2.75, 3.05) is 5.73 Å². The zero-order valence-corrected chi connectivity index (χ0v) is 10.2. The van der Waals surface area contributed by atoms with E-state index >= 15 is 0 Å². The molecule has 0 saturated heterocycles. The van der Waals surface area contributed by atoms with Gasteiger partial charge in [0.05, 0.1) is 6.33 Å². The largest absolute Gasteiger partial charge is 0.369 e. The maximum Gasteiger partial charge on any atom is 0.300 e. The van der Waals surface area contributed by atoms with Gasteiger partial charge in [-0.15, -0.1) is 0 Å². The Kier molecular flexibility index (Phi) is 3.12. The second-order valence-electron chi connectivity index (χ2n) is 3.98. The summed E-state index contributed by atoms with van der Waals surface area (Å²) in [4.78, 5) is 19.9. The number of nitrogens with zero attached hydrogens (tertiary/aromatic N) is 4. The van der Waals surface area contributed by atoms with Crippen LogP contribution in [0.25, 0.3) is 11.2 Å². The van der Waals surface area contributed by atoms with Gasteiger partial charge in [0.25, 0.3) is 0 Å². The Hall–Kier alpha value is -1.85. The van der Waals surface area contributed by atoms with E-state index in [1.807, 2.05) is 11.5 Å². The van der Waals surface area contributed by atoms with Crippen molar-refractivity contribution < 1.29 is 0 Å². The standard InChI is InChI=1S/C11H17N5O/c1-3-5-6-16-9-8(10(17)14-11(16)12)15(4-2)7-13-9/h7H,3-6H2,1-2H3,(H2,12,14,17). The number of aromatic nitrogens is 4. The van der Waals surface area contributed by atoms with E-state index in [-0.39, 0.29) is 11.5 Å². The van der Waals surface area contributed by atoms with Crippen LogP contribution in [0.4, 0.5) is 5.95 Å². The normalized spacial score (nSPS) is 11.2. The molecule has 0 aliphatic rings. The Labute approximate surface area is 99.1 Å². The molecule has 0 aromatic carbocycles. The Morgan fingerprint density at radius 3 is 2.82 bits per heavy atom. The second-order valence-corrected chi connectivity index (χ2v) is 3.98. The molecule has 0 unspecified atom stereocenters. The van der Waals surface area contributed by atoms with Gasteiger partial charge in [-0.05, 0) is 13.3 Å². The van der Waals surface area contributed by atoms with E-state index in [0.717, 1.165) is 19.4 Å². The van der Waals surface area contributed by atoms with Crippen molar-refractivity contribution in [2.45, 2.75) is 39.8 Å². The van der Waals surface area contributed by atoms with Gasteiger partial charge in [-0.25, -0.2) is 4.98 Å². The fraction of sp³-hybridized carbons (Fsp3) is 0.545. The quantitative estimate of drug-likeness (QED) is 0.857. The number of imidazole rings is 1. The van der Waals surface area contributed by atoms with Crippen molar-refractivity contribution >= 4 is 17.1 Å². The summed E-state index contributed by atoms with van der Waals surface area (Å²) in [5, 5.41) is 0. The van der Waals surface area contributed by atoms with Crippen LogP contribution in [0.15, 0.2) is 11.1 Å². The molecule has 0 amide bonds. The van der Waals surface area contributed by atoms with Gasteiger partial charge >= 0.3 is 5.56 Å². The second kappa shape index (κ2) is 4.57. The number of rotatable bonds is 4. The molecule has 0 fully saturated rings. The SMILES string of the molecule is CCCCn1c(N)nc(=O)c2c1ncn2CC. The molecule has 2 rings (SSSR count).